The maximum atomic E-state index is 7.54. The second kappa shape index (κ2) is 4.54. The summed E-state index contributed by atoms with van der Waals surface area (Å²) in [7, 11) is 1.77. The smallest absolute Gasteiger partial charge is 0.213 e. The Balaban J connectivity index is 2.41. The number of amidine groups is 1. The fraction of sp³-hybridized carbons (Fsp3) is 0.200. The van der Waals surface area contributed by atoms with Gasteiger partial charge >= 0.3 is 0 Å². The fourth-order valence-corrected chi connectivity index (χ4v) is 2.32. The number of nitrogens with zero attached hydrogens (tertiary/aromatic N) is 4. The van der Waals surface area contributed by atoms with Crippen molar-refractivity contribution in [1.82, 2.24) is 20.2 Å². The van der Waals surface area contributed by atoms with E-state index in [-0.39, 0.29) is 5.84 Å². The van der Waals surface area contributed by atoms with Crippen LogP contribution in [-0.4, -0.2) is 26.0 Å². The van der Waals surface area contributed by atoms with Crippen molar-refractivity contribution in [3.05, 3.63) is 29.3 Å². The predicted molar refractivity (Wildman–Crippen MR) is 65.1 cm³/mol. The van der Waals surface area contributed by atoms with Gasteiger partial charge in [0.25, 0.3) is 0 Å². The van der Waals surface area contributed by atoms with Crippen LogP contribution in [0, 0.1) is 12.3 Å². The minimum atomic E-state index is 0.0441. The number of nitrogens with two attached hydrogens (primary N) is 1. The molecule has 0 unspecified atom stereocenters. The van der Waals surface area contributed by atoms with Crippen molar-refractivity contribution in [2.45, 2.75) is 17.0 Å². The third-order valence-electron chi connectivity index (χ3n) is 2.21. The van der Waals surface area contributed by atoms with Crippen LogP contribution in [-0.2, 0) is 7.05 Å². The first-order chi connectivity index (χ1) is 8.08. The van der Waals surface area contributed by atoms with Crippen LogP contribution < -0.4 is 5.73 Å². The summed E-state index contributed by atoms with van der Waals surface area (Å²) in [5.74, 6) is 0.0441. The topological polar surface area (TPSA) is 93.5 Å². The van der Waals surface area contributed by atoms with Crippen molar-refractivity contribution in [2.24, 2.45) is 12.8 Å². The van der Waals surface area contributed by atoms with Gasteiger partial charge in [-0.2, -0.15) is 0 Å². The quantitative estimate of drug-likeness (QED) is 0.623. The van der Waals surface area contributed by atoms with E-state index >= 15 is 0 Å². The van der Waals surface area contributed by atoms with Gasteiger partial charge in [0.15, 0.2) is 0 Å². The predicted octanol–water partition coefficient (Wildman–Crippen LogP) is 0.954. The van der Waals surface area contributed by atoms with Crippen LogP contribution >= 0.6 is 11.8 Å². The van der Waals surface area contributed by atoms with Crippen molar-refractivity contribution < 1.29 is 0 Å². The molecule has 0 atom stereocenters. The lowest BCUT2D eigenvalue weighted by molar-refractivity contribution is 0.664. The van der Waals surface area contributed by atoms with E-state index in [0.717, 1.165) is 10.5 Å². The summed E-state index contributed by atoms with van der Waals surface area (Å²) >= 11 is 1.40. The fourth-order valence-electron chi connectivity index (χ4n) is 1.34. The van der Waals surface area contributed by atoms with Crippen LogP contribution in [0.4, 0.5) is 0 Å². The average Bonchev–Trinajstić information content (AvgIpc) is 2.64. The van der Waals surface area contributed by atoms with E-state index < -0.39 is 0 Å². The molecule has 2 rings (SSSR count). The zero-order chi connectivity index (χ0) is 12.4. The van der Waals surface area contributed by atoms with Crippen LogP contribution in [0.2, 0.25) is 0 Å². The number of hydrogen-bond donors (Lipinski definition) is 2. The number of nitrogen functional groups attached to an aromatic ring is 1. The maximum Gasteiger partial charge on any atom is 0.213 e. The Labute approximate surface area is 103 Å². The van der Waals surface area contributed by atoms with Gasteiger partial charge in [0.1, 0.15) is 5.84 Å². The molecule has 0 radical (unpaired) electrons. The first-order valence-corrected chi connectivity index (χ1v) is 5.75. The zero-order valence-corrected chi connectivity index (χ0v) is 10.3. The van der Waals surface area contributed by atoms with Gasteiger partial charge in [-0.25, -0.2) is 4.68 Å². The molecule has 0 bridgehead atoms. The number of aromatic nitrogens is 4. The van der Waals surface area contributed by atoms with Crippen molar-refractivity contribution >= 4 is 17.6 Å². The van der Waals surface area contributed by atoms with Crippen LogP contribution in [0.15, 0.2) is 28.3 Å². The minimum absolute atomic E-state index is 0.0441. The van der Waals surface area contributed by atoms with Gasteiger partial charge in [-0.1, -0.05) is 6.07 Å². The largest absolute Gasteiger partial charge is 0.384 e. The summed E-state index contributed by atoms with van der Waals surface area (Å²) in [6.45, 7) is 1.99. The van der Waals surface area contributed by atoms with Crippen LogP contribution in [0.5, 0.6) is 0 Å². The molecule has 0 saturated carbocycles. The molecule has 0 saturated heterocycles. The van der Waals surface area contributed by atoms with Crippen molar-refractivity contribution in [3.8, 4) is 0 Å². The molecule has 17 heavy (non-hydrogen) atoms. The summed E-state index contributed by atoms with van der Waals surface area (Å²) in [6, 6.07) is 5.73. The highest BCUT2D eigenvalue weighted by molar-refractivity contribution is 7.99. The van der Waals surface area contributed by atoms with Gasteiger partial charge in [0.05, 0.1) is 0 Å². The van der Waals surface area contributed by atoms with Gasteiger partial charge < -0.3 is 5.73 Å². The molecule has 2 aromatic rings. The summed E-state index contributed by atoms with van der Waals surface area (Å²) in [5, 5.41) is 19.4. The Morgan fingerprint density at radius 2 is 2.24 bits per heavy atom. The molecule has 0 aliphatic carbocycles. The number of benzene rings is 1. The Morgan fingerprint density at radius 1 is 1.47 bits per heavy atom. The lowest BCUT2D eigenvalue weighted by Gasteiger charge is -2.07. The molecule has 6 nitrogen and oxygen atoms in total. The Morgan fingerprint density at radius 3 is 2.82 bits per heavy atom. The molecule has 88 valence electrons. The van der Waals surface area contributed by atoms with Crippen LogP contribution in [0.1, 0.15) is 11.1 Å². The highest BCUT2D eigenvalue weighted by Gasteiger charge is 2.11. The SMILES string of the molecule is Cc1ccc(C(=N)N)c(Sc2nnnn2C)c1. The number of rotatable bonds is 3. The van der Waals surface area contributed by atoms with E-state index in [4.69, 9.17) is 11.1 Å². The Hall–Kier alpha value is -1.89. The molecule has 0 amide bonds. The Bertz CT molecular complexity index is 562. The van der Waals surface area contributed by atoms with Crippen molar-refractivity contribution in [1.29, 1.82) is 5.41 Å². The number of tetrazole rings is 1. The average molecular weight is 248 g/mol. The summed E-state index contributed by atoms with van der Waals surface area (Å²) in [4.78, 5) is 0.885. The van der Waals surface area contributed by atoms with E-state index in [1.165, 1.54) is 11.8 Å². The van der Waals surface area contributed by atoms with E-state index in [1.807, 2.05) is 25.1 Å². The van der Waals surface area contributed by atoms with E-state index in [1.54, 1.807) is 11.7 Å². The molecule has 1 aromatic carbocycles. The van der Waals surface area contributed by atoms with E-state index in [0.29, 0.717) is 10.7 Å². The van der Waals surface area contributed by atoms with Crippen LogP contribution in [0.25, 0.3) is 0 Å². The lowest BCUT2D eigenvalue weighted by atomic mass is 10.1. The van der Waals surface area contributed by atoms with Gasteiger partial charge in [0.2, 0.25) is 5.16 Å². The molecule has 7 heteroatoms. The molecule has 0 fully saturated rings. The molecule has 0 spiro atoms. The third-order valence-corrected chi connectivity index (χ3v) is 3.30. The maximum absolute atomic E-state index is 7.54. The van der Waals surface area contributed by atoms with Gasteiger partial charge in [-0.05, 0) is 46.8 Å². The molecule has 3 N–H and O–H groups in total. The number of hydrogen-bond acceptors (Lipinski definition) is 5. The summed E-state index contributed by atoms with van der Waals surface area (Å²) < 4.78 is 1.58. The lowest BCUT2D eigenvalue weighted by Crippen LogP contribution is -2.12. The van der Waals surface area contributed by atoms with Gasteiger partial charge in [-0.3, -0.25) is 5.41 Å². The van der Waals surface area contributed by atoms with Crippen molar-refractivity contribution in [2.75, 3.05) is 0 Å². The summed E-state index contributed by atoms with van der Waals surface area (Å²) in [5.41, 5.74) is 7.35. The molecule has 1 aromatic heterocycles. The standard InChI is InChI=1S/C10H12N6S/c1-6-3-4-7(9(11)12)8(5-6)17-10-13-14-15-16(10)2/h3-5H,1-2H3,(H3,11,12). The zero-order valence-electron chi connectivity index (χ0n) is 9.51. The van der Waals surface area contributed by atoms with Gasteiger partial charge in [-0.15, -0.1) is 5.10 Å². The number of nitrogens with one attached hydrogen (secondary N) is 1. The second-order valence-electron chi connectivity index (χ2n) is 3.60. The number of aryl methyl sites for hydroxylation is 2. The molecular formula is C10H12N6S. The highest BCUT2D eigenvalue weighted by Crippen LogP contribution is 2.28. The minimum Gasteiger partial charge on any atom is -0.384 e. The monoisotopic (exact) mass is 248 g/mol. The first kappa shape index (κ1) is 11.6. The third kappa shape index (κ3) is 2.44. The van der Waals surface area contributed by atoms with Crippen molar-refractivity contribution in [3.63, 3.8) is 0 Å². The summed E-state index contributed by atoms with van der Waals surface area (Å²) in [6.07, 6.45) is 0. The van der Waals surface area contributed by atoms with Gasteiger partial charge in [0, 0.05) is 17.5 Å². The normalized spacial score (nSPS) is 10.5. The molecule has 0 aliphatic heterocycles. The highest BCUT2D eigenvalue weighted by atomic mass is 32.2. The van der Waals surface area contributed by atoms with E-state index in [2.05, 4.69) is 15.5 Å². The van der Waals surface area contributed by atoms with Crippen LogP contribution in [0.3, 0.4) is 0 Å². The second-order valence-corrected chi connectivity index (χ2v) is 4.61. The van der Waals surface area contributed by atoms with E-state index in [9.17, 15) is 0 Å². The Kier molecular flexibility index (Phi) is 3.10. The molecule has 1 heterocycles. The molecular weight excluding hydrogens is 236 g/mol. The first-order valence-electron chi connectivity index (χ1n) is 4.93. The molecule has 0 aliphatic rings.